The van der Waals surface area contributed by atoms with Crippen LogP contribution < -0.4 is 10.7 Å². The molecule has 0 aromatic rings. The van der Waals surface area contributed by atoms with E-state index in [0.717, 1.165) is 13.1 Å². The zero-order valence-electron chi connectivity index (χ0n) is 5.44. The van der Waals surface area contributed by atoms with Gasteiger partial charge in [-0.25, -0.2) is 5.01 Å². The average molecular weight is 115 g/mol. The van der Waals surface area contributed by atoms with Crippen molar-refractivity contribution in [2.24, 2.45) is 0 Å². The lowest BCUT2D eigenvalue weighted by Crippen LogP contribution is -2.60. The molecule has 3 nitrogen and oxygen atoms in total. The maximum Gasteiger partial charge on any atom is 0.0348 e. The van der Waals surface area contributed by atoms with Crippen LogP contribution >= 0.6 is 0 Å². The molecule has 0 aromatic carbocycles. The number of rotatable bonds is 2. The number of nitrogens with one attached hydrogen (secondary N) is 2. The molecule has 0 bridgehead atoms. The van der Waals surface area contributed by atoms with Crippen LogP contribution in [-0.4, -0.2) is 38.2 Å². The predicted octanol–water partition coefficient (Wildman–Crippen LogP) is -0.976. The van der Waals surface area contributed by atoms with E-state index >= 15 is 0 Å². The lowest BCUT2D eigenvalue weighted by Gasteiger charge is -2.37. The summed E-state index contributed by atoms with van der Waals surface area (Å²) in [6.45, 7) is 2.26. The Morgan fingerprint density at radius 3 is 2.38 bits per heavy atom. The molecule has 0 aromatic heterocycles. The molecule has 1 rings (SSSR count). The molecule has 48 valence electrons. The second-order valence-electron chi connectivity index (χ2n) is 2.11. The zero-order chi connectivity index (χ0) is 5.98. The average Bonchev–Trinajstić information content (AvgIpc) is 1.65. The maximum absolute atomic E-state index is 3.18. The molecule has 0 unspecified atom stereocenters. The minimum atomic E-state index is 0.711. The molecule has 3 heteroatoms. The van der Waals surface area contributed by atoms with E-state index in [2.05, 4.69) is 15.8 Å². The third kappa shape index (κ3) is 0.992. The highest BCUT2D eigenvalue weighted by Crippen LogP contribution is 2.00. The minimum absolute atomic E-state index is 0.711. The first-order chi connectivity index (χ1) is 3.86. The third-order valence-corrected chi connectivity index (χ3v) is 1.61. The van der Waals surface area contributed by atoms with Crippen molar-refractivity contribution in [3.05, 3.63) is 0 Å². The summed E-state index contributed by atoms with van der Waals surface area (Å²) in [7, 11) is 3.95. The van der Waals surface area contributed by atoms with E-state index in [1.807, 2.05) is 14.1 Å². The van der Waals surface area contributed by atoms with Crippen molar-refractivity contribution in [3.63, 3.8) is 0 Å². The fourth-order valence-electron chi connectivity index (χ4n) is 0.844. The summed E-state index contributed by atoms with van der Waals surface area (Å²) in [6, 6.07) is 0.711. The topological polar surface area (TPSA) is 27.3 Å². The second kappa shape index (κ2) is 2.44. The molecule has 0 spiro atoms. The van der Waals surface area contributed by atoms with Gasteiger partial charge in [-0.3, -0.25) is 5.43 Å². The van der Waals surface area contributed by atoms with Gasteiger partial charge < -0.3 is 5.32 Å². The fraction of sp³-hybridized carbons (Fsp3) is 1.00. The maximum atomic E-state index is 3.18. The minimum Gasteiger partial charge on any atom is -0.314 e. The third-order valence-electron chi connectivity index (χ3n) is 1.61. The highest BCUT2D eigenvalue weighted by atomic mass is 15.5. The Hall–Kier alpha value is -0.120. The summed E-state index contributed by atoms with van der Waals surface area (Å²) >= 11 is 0. The van der Waals surface area contributed by atoms with Gasteiger partial charge in [0.15, 0.2) is 0 Å². The van der Waals surface area contributed by atoms with Crippen LogP contribution in [-0.2, 0) is 0 Å². The SMILES string of the molecule is CNC1CN(NC)C1. The lowest BCUT2D eigenvalue weighted by molar-refractivity contribution is 0.0833. The van der Waals surface area contributed by atoms with Gasteiger partial charge in [-0.05, 0) is 14.1 Å². The molecule has 0 aliphatic carbocycles. The molecule has 0 saturated carbocycles. The molecule has 2 N–H and O–H groups in total. The first-order valence-corrected chi connectivity index (χ1v) is 2.96. The van der Waals surface area contributed by atoms with Gasteiger partial charge in [0.1, 0.15) is 0 Å². The molecular weight excluding hydrogens is 102 g/mol. The summed E-state index contributed by atoms with van der Waals surface area (Å²) in [5.41, 5.74) is 3.06. The van der Waals surface area contributed by atoms with E-state index in [4.69, 9.17) is 0 Å². The Kier molecular flexibility index (Phi) is 1.83. The molecule has 1 fully saturated rings. The van der Waals surface area contributed by atoms with Crippen LogP contribution in [0.25, 0.3) is 0 Å². The molecular formula is C5H13N3. The summed E-state index contributed by atoms with van der Waals surface area (Å²) < 4.78 is 0. The Balaban J connectivity index is 2.03. The van der Waals surface area contributed by atoms with Crippen LogP contribution in [0.3, 0.4) is 0 Å². The van der Waals surface area contributed by atoms with Crippen molar-refractivity contribution in [2.75, 3.05) is 27.2 Å². The first kappa shape index (κ1) is 6.01. The summed E-state index contributed by atoms with van der Waals surface area (Å²) in [5.74, 6) is 0. The number of hydrogen-bond acceptors (Lipinski definition) is 3. The van der Waals surface area contributed by atoms with Crippen molar-refractivity contribution in [3.8, 4) is 0 Å². The van der Waals surface area contributed by atoms with Crippen molar-refractivity contribution in [1.29, 1.82) is 0 Å². The second-order valence-corrected chi connectivity index (χ2v) is 2.11. The Bertz CT molecular complexity index is 60.1. The summed E-state index contributed by atoms with van der Waals surface area (Å²) in [6.07, 6.45) is 0. The Morgan fingerprint density at radius 1 is 1.38 bits per heavy atom. The van der Waals surface area contributed by atoms with Gasteiger partial charge in [-0.2, -0.15) is 0 Å². The van der Waals surface area contributed by atoms with Crippen LogP contribution in [0.2, 0.25) is 0 Å². The molecule has 1 saturated heterocycles. The van der Waals surface area contributed by atoms with Gasteiger partial charge in [0.25, 0.3) is 0 Å². The fourth-order valence-corrected chi connectivity index (χ4v) is 0.844. The predicted molar refractivity (Wildman–Crippen MR) is 33.5 cm³/mol. The number of hydrazine groups is 1. The molecule has 8 heavy (non-hydrogen) atoms. The van der Waals surface area contributed by atoms with Gasteiger partial charge in [0, 0.05) is 19.1 Å². The van der Waals surface area contributed by atoms with E-state index in [9.17, 15) is 0 Å². The van der Waals surface area contributed by atoms with E-state index in [1.165, 1.54) is 0 Å². The monoisotopic (exact) mass is 115 g/mol. The van der Waals surface area contributed by atoms with E-state index in [-0.39, 0.29) is 0 Å². The summed E-state index contributed by atoms with van der Waals surface area (Å²) in [4.78, 5) is 0. The lowest BCUT2D eigenvalue weighted by atomic mass is 10.2. The highest BCUT2D eigenvalue weighted by molar-refractivity contribution is 4.80. The number of likely N-dealkylation sites (N-methyl/N-ethyl adjacent to an activating group) is 1. The molecule has 0 radical (unpaired) electrons. The normalized spacial score (nSPS) is 23.2. The van der Waals surface area contributed by atoms with Crippen LogP contribution in [0.1, 0.15) is 0 Å². The molecule has 0 atom stereocenters. The van der Waals surface area contributed by atoms with Crippen LogP contribution in [0.4, 0.5) is 0 Å². The molecule has 1 aliphatic rings. The van der Waals surface area contributed by atoms with Crippen LogP contribution in [0, 0.1) is 0 Å². The van der Waals surface area contributed by atoms with Gasteiger partial charge in [-0.15, -0.1) is 0 Å². The van der Waals surface area contributed by atoms with Gasteiger partial charge >= 0.3 is 0 Å². The highest BCUT2D eigenvalue weighted by Gasteiger charge is 2.22. The van der Waals surface area contributed by atoms with Gasteiger partial charge in [-0.1, -0.05) is 0 Å². The van der Waals surface area contributed by atoms with E-state index in [1.54, 1.807) is 0 Å². The quantitative estimate of drug-likeness (QED) is 0.484. The van der Waals surface area contributed by atoms with Crippen LogP contribution in [0.5, 0.6) is 0 Å². The Morgan fingerprint density at radius 2 is 2.00 bits per heavy atom. The zero-order valence-corrected chi connectivity index (χ0v) is 5.44. The van der Waals surface area contributed by atoms with Crippen molar-refractivity contribution < 1.29 is 0 Å². The van der Waals surface area contributed by atoms with Crippen molar-refractivity contribution in [2.45, 2.75) is 6.04 Å². The van der Waals surface area contributed by atoms with E-state index in [0.29, 0.717) is 6.04 Å². The molecule has 0 amide bonds. The van der Waals surface area contributed by atoms with Crippen LogP contribution in [0.15, 0.2) is 0 Å². The standard InChI is InChI=1S/C5H13N3/c1-6-5-3-8(4-5)7-2/h5-7H,3-4H2,1-2H3. The largest absolute Gasteiger partial charge is 0.314 e. The van der Waals surface area contributed by atoms with Gasteiger partial charge in [0.05, 0.1) is 0 Å². The Labute approximate surface area is 50.0 Å². The molecule has 1 aliphatic heterocycles. The van der Waals surface area contributed by atoms with Crippen molar-refractivity contribution >= 4 is 0 Å². The molecule has 1 heterocycles. The smallest absolute Gasteiger partial charge is 0.0348 e. The van der Waals surface area contributed by atoms with Gasteiger partial charge in [0.2, 0.25) is 0 Å². The number of nitrogens with zero attached hydrogens (tertiary/aromatic N) is 1. The van der Waals surface area contributed by atoms with E-state index < -0.39 is 0 Å². The number of hydrogen-bond donors (Lipinski definition) is 2. The first-order valence-electron chi connectivity index (χ1n) is 2.96. The summed E-state index contributed by atoms with van der Waals surface area (Å²) in [5, 5.41) is 5.35. The van der Waals surface area contributed by atoms with Crippen molar-refractivity contribution in [1.82, 2.24) is 15.8 Å².